The van der Waals surface area contributed by atoms with E-state index in [1.807, 2.05) is 0 Å². The maximum absolute atomic E-state index is 13.2. The van der Waals surface area contributed by atoms with E-state index in [1.165, 1.54) is 18.3 Å². The highest BCUT2D eigenvalue weighted by Crippen LogP contribution is 2.21. The number of aromatic nitrogens is 1. The van der Waals surface area contributed by atoms with Gasteiger partial charge in [-0.1, -0.05) is 23.7 Å². The molecule has 0 radical (unpaired) electrons. The van der Waals surface area contributed by atoms with Gasteiger partial charge in [-0.3, -0.25) is 9.78 Å². The van der Waals surface area contributed by atoms with Crippen LogP contribution in [0.15, 0.2) is 41.1 Å². The summed E-state index contributed by atoms with van der Waals surface area (Å²) in [4.78, 5) is 15.9. The van der Waals surface area contributed by atoms with Gasteiger partial charge in [0.25, 0.3) is 0 Å². The van der Waals surface area contributed by atoms with Crippen molar-refractivity contribution in [1.29, 1.82) is 0 Å². The monoisotopic (exact) mass is 327 g/mol. The van der Waals surface area contributed by atoms with Gasteiger partial charge < -0.3 is 0 Å². The molecular weight excluding hydrogens is 321 g/mol. The third kappa shape index (κ3) is 2.94. The molecule has 18 heavy (non-hydrogen) atoms. The Kier molecular flexibility index (Phi) is 4.09. The number of ketones is 1. The maximum Gasteiger partial charge on any atom is 0.168 e. The molecule has 0 aliphatic rings. The van der Waals surface area contributed by atoms with Gasteiger partial charge >= 0.3 is 0 Å². The number of nitrogens with zero attached hydrogens (tertiary/aromatic N) is 1. The lowest BCUT2D eigenvalue weighted by Crippen LogP contribution is -2.05. The van der Waals surface area contributed by atoms with Crippen molar-refractivity contribution in [2.24, 2.45) is 0 Å². The maximum atomic E-state index is 13.2. The highest BCUT2D eigenvalue weighted by Gasteiger charge is 2.12. The van der Waals surface area contributed by atoms with E-state index in [1.54, 1.807) is 18.3 Å². The molecular formula is C13H8BrClFNO. The number of halogens is 3. The first-order chi connectivity index (χ1) is 8.58. The fourth-order valence-corrected chi connectivity index (χ4v) is 2.08. The predicted octanol–water partition coefficient (Wildman–Crippen LogP) is 4.06. The number of Topliss-reactive ketones (excluding diaryl/α,β-unsaturated/α-hetero) is 1. The third-order valence-corrected chi connectivity index (χ3v) is 3.27. The lowest BCUT2D eigenvalue weighted by atomic mass is 10.0. The lowest BCUT2D eigenvalue weighted by molar-refractivity contribution is 0.0992. The Balaban J connectivity index is 2.24. The Hall–Kier alpha value is -1.26. The smallest absolute Gasteiger partial charge is 0.168 e. The molecule has 0 N–H and O–H groups in total. The summed E-state index contributed by atoms with van der Waals surface area (Å²) in [7, 11) is 0. The van der Waals surface area contributed by atoms with Gasteiger partial charge in [0.15, 0.2) is 5.78 Å². The fourth-order valence-electron chi connectivity index (χ4n) is 1.52. The fraction of sp³-hybridized carbons (Fsp3) is 0.0769. The van der Waals surface area contributed by atoms with Crippen LogP contribution >= 0.6 is 27.5 Å². The van der Waals surface area contributed by atoms with Gasteiger partial charge in [-0.2, -0.15) is 0 Å². The predicted molar refractivity (Wildman–Crippen MR) is 71.4 cm³/mol. The summed E-state index contributed by atoms with van der Waals surface area (Å²) in [5.41, 5.74) is 0.936. The number of hydrogen-bond donors (Lipinski definition) is 0. The molecule has 0 spiro atoms. The van der Waals surface area contributed by atoms with Gasteiger partial charge in [0.05, 0.1) is 5.02 Å². The zero-order chi connectivity index (χ0) is 13.1. The molecule has 0 amide bonds. The zero-order valence-corrected chi connectivity index (χ0v) is 11.5. The van der Waals surface area contributed by atoms with Crippen LogP contribution in [-0.2, 0) is 6.42 Å². The van der Waals surface area contributed by atoms with Crippen LogP contribution in [0.25, 0.3) is 0 Å². The summed E-state index contributed by atoms with van der Waals surface area (Å²) in [5, 5.41) is -0.00574. The molecule has 0 saturated carbocycles. The van der Waals surface area contributed by atoms with Crippen LogP contribution in [0.2, 0.25) is 5.02 Å². The normalized spacial score (nSPS) is 10.4. The zero-order valence-electron chi connectivity index (χ0n) is 9.16. The van der Waals surface area contributed by atoms with E-state index in [0.717, 1.165) is 4.47 Å². The molecule has 0 saturated heterocycles. The number of hydrogen-bond acceptors (Lipinski definition) is 2. The van der Waals surface area contributed by atoms with Gasteiger partial charge in [0, 0.05) is 28.9 Å². The molecule has 0 unspecified atom stereocenters. The SMILES string of the molecule is O=C(Cc1cccc(F)c1Cl)c1cncc(Br)c1. The average Bonchev–Trinajstić information content (AvgIpc) is 2.35. The summed E-state index contributed by atoms with van der Waals surface area (Å²) in [6.45, 7) is 0. The molecule has 1 aromatic heterocycles. The minimum absolute atomic E-state index is 0.00574. The van der Waals surface area contributed by atoms with Crippen LogP contribution in [0, 0.1) is 5.82 Å². The molecule has 92 valence electrons. The molecule has 0 bridgehead atoms. The Morgan fingerprint density at radius 3 is 2.89 bits per heavy atom. The van der Waals surface area contributed by atoms with Crippen LogP contribution < -0.4 is 0 Å². The molecule has 0 fully saturated rings. The standard InChI is InChI=1S/C13H8BrClFNO/c14-10-4-9(6-17-7-10)12(18)5-8-2-1-3-11(16)13(8)15/h1-4,6-7H,5H2. The van der Waals surface area contributed by atoms with Crippen molar-refractivity contribution in [3.8, 4) is 0 Å². The second kappa shape index (κ2) is 5.59. The quantitative estimate of drug-likeness (QED) is 0.795. The van der Waals surface area contributed by atoms with Crippen molar-refractivity contribution in [3.05, 3.63) is 63.1 Å². The number of benzene rings is 1. The van der Waals surface area contributed by atoms with Gasteiger partial charge in [0.1, 0.15) is 5.82 Å². The van der Waals surface area contributed by atoms with E-state index in [0.29, 0.717) is 11.1 Å². The molecule has 1 aromatic carbocycles. The molecule has 2 nitrogen and oxygen atoms in total. The second-order valence-corrected chi connectivity index (χ2v) is 5.00. The van der Waals surface area contributed by atoms with E-state index < -0.39 is 5.82 Å². The third-order valence-electron chi connectivity index (χ3n) is 2.41. The summed E-state index contributed by atoms with van der Waals surface area (Å²) in [6.07, 6.45) is 3.11. The van der Waals surface area contributed by atoms with Gasteiger partial charge in [0.2, 0.25) is 0 Å². The number of rotatable bonds is 3. The molecule has 0 aliphatic heterocycles. The van der Waals surface area contributed by atoms with Crippen LogP contribution in [0.3, 0.4) is 0 Å². The summed E-state index contributed by atoms with van der Waals surface area (Å²) in [5.74, 6) is -0.675. The number of carbonyl (C=O) groups is 1. The lowest BCUT2D eigenvalue weighted by Gasteiger charge is -2.04. The molecule has 2 rings (SSSR count). The first kappa shape index (κ1) is 13.2. The Labute approximate surface area is 117 Å². The summed E-state index contributed by atoms with van der Waals surface area (Å²) in [6, 6.07) is 6.09. The van der Waals surface area contributed by atoms with Crippen molar-refractivity contribution in [2.45, 2.75) is 6.42 Å². The number of pyridine rings is 1. The molecule has 5 heteroatoms. The highest BCUT2D eigenvalue weighted by molar-refractivity contribution is 9.10. The van der Waals surface area contributed by atoms with E-state index in [9.17, 15) is 9.18 Å². The van der Waals surface area contributed by atoms with Gasteiger partial charge in [-0.15, -0.1) is 0 Å². The Morgan fingerprint density at radius 2 is 2.17 bits per heavy atom. The summed E-state index contributed by atoms with van der Waals surface area (Å²) >= 11 is 9.05. The largest absolute Gasteiger partial charge is 0.294 e. The van der Waals surface area contributed by atoms with Gasteiger partial charge in [-0.25, -0.2) is 4.39 Å². The molecule has 0 atom stereocenters. The minimum Gasteiger partial charge on any atom is -0.294 e. The highest BCUT2D eigenvalue weighted by atomic mass is 79.9. The summed E-state index contributed by atoms with van der Waals surface area (Å²) < 4.78 is 14.0. The van der Waals surface area contributed by atoms with Crippen LogP contribution in [0.1, 0.15) is 15.9 Å². The van der Waals surface area contributed by atoms with Crippen LogP contribution in [0.5, 0.6) is 0 Å². The van der Waals surface area contributed by atoms with E-state index in [4.69, 9.17) is 11.6 Å². The number of carbonyl (C=O) groups excluding carboxylic acids is 1. The topological polar surface area (TPSA) is 30.0 Å². The van der Waals surface area contributed by atoms with E-state index in [-0.39, 0.29) is 17.2 Å². The van der Waals surface area contributed by atoms with Crippen LogP contribution in [-0.4, -0.2) is 10.8 Å². The first-order valence-corrected chi connectivity index (χ1v) is 6.31. The molecule has 2 aromatic rings. The van der Waals surface area contributed by atoms with Crippen molar-refractivity contribution in [2.75, 3.05) is 0 Å². The molecule has 1 heterocycles. The van der Waals surface area contributed by atoms with E-state index >= 15 is 0 Å². The van der Waals surface area contributed by atoms with Crippen molar-refractivity contribution < 1.29 is 9.18 Å². The van der Waals surface area contributed by atoms with Crippen LogP contribution in [0.4, 0.5) is 4.39 Å². The van der Waals surface area contributed by atoms with Gasteiger partial charge in [-0.05, 0) is 33.6 Å². The van der Waals surface area contributed by atoms with Crippen molar-refractivity contribution >= 4 is 33.3 Å². The Morgan fingerprint density at radius 1 is 1.39 bits per heavy atom. The second-order valence-electron chi connectivity index (χ2n) is 3.70. The molecule has 0 aliphatic carbocycles. The van der Waals surface area contributed by atoms with E-state index in [2.05, 4.69) is 20.9 Å². The Bertz CT molecular complexity index is 603. The van der Waals surface area contributed by atoms with Crippen molar-refractivity contribution in [3.63, 3.8) is 0 Å². The minimum atomic E-state index is -0.519. The first-order valence-electron chi connectivity index (χ1n) is 5.14. The average molecular weight is 329 g/mol. The van der Waals surface area contributed by atoms with Crippen molar-refractivity contribution in [1.82, 2.24) is 4.98 Å².